The summed E-state index contributed by atoms with van der Waals surface area (Å²) in [4.78, 5) is 5.93. The van der Waals surface area contributed by atoms with Crippen LogP contribution in [-0.2, 0) is 6.54 Å². The van der Waals surface area contributed by atoms with Gasteiger partial charge in [0, 0.05) is 19.3 Å². The van der Waals surface area contributed by atoms with Gasteiger partial charge in [-0.2, -0.15) is 9.56 Å². The Kier molecular flexibility index (Phi) is 6.77. The van der Waals surface area contributed by atoms with E-state index in [4.69, 9.17) is 5.73 Å². The van der Waals surface area contributed by atoms with E-state index >= 15 is 0 Å². The second-order valence-electron chi connectivity index (χ2n) is 7.83. The van der Waals surface area contributed by atoms with Gasteiger partial charge in [-0.1, -0.05) is 24.3 Å². The molecule has 4 N–H and O–H groups in total. The molecule has 6 nitrogen and oxygen atoms in total. The Morgan fingerprint density at radius 3 is 2.35 bits per heavy atom. The minimum Gasteiger partial charge on any atom is -0.368 e. The quantitative estimate of drug-likeness (QED) is 0.366. The molecule has 0 bridgehead atoms. The molecular formula is C24H30FN5O. The summed E-state index contributed by atoms with van der Waals surface area (Å²) in [6.07, 6.45) is 0. The number of aryl methyl sites for hydroxylation is 3. The number of hydrogen-bond donors (Lipinski definition) is 3. The predicted octanol–water partition coefficient (Wildman–Crippen LogP) is 5.02. The molecule has 0 fully saturated rings. The molecule has 7 heteroatoms. The van der Waals surface area contributed by atoms with Crippen LogP contribution >= 0.6 is 0 Å². The van der Waals surface area contributed by atoms with Crippen molar-refractivity contribution >= 4 is 17.2 Å². The first-order chi connectivity index (χ1) is 14.7. The standard InChI is InChI=1S/C24H30FN5O/c1-15-8-6-9-19(20(15)14-26)18(4)29(5)21-12-17(3)22(13-16(21)2)30(31)28-24-11-7-10-23(25)27-24/h6-13,18,31H,14,26H2,1-5H3,(H,27,28)/t18-/m1/s1. The predicted molar refractivity (Wildman–Crippen MR) is 124 cm³/mol. The number of benzene rings is 2. The topological polar surface area (TPSA) is 77.7 Å². The molecule has 1 aromatic heterocycles. The van der Waals surface area contributed by atoms with Crippen molar-refractivity contribution in [3.8, 4) is 0 Å². The third kappa shape index (κ3) is 4.78. The Labute approximate surface area is 183 Å². The van der Waals surface area contributed by atoms with Gasteiger partial charge in [-0.15, -0.1) is 0 Å². The normalized spacial score (nSPS) is 11.9. The summed E-state index contributed by atoms with van der Waals surface area (Å²) in [5.74, 6) is -0.409. The van der Waals surface area contributed by atoms with Gasteiger partial charge >= 0.3 is 0 Å². The van der Waals surface area contributed by atoms with E-state index in [1.54, 1.807) is 6.07 Å². The SMILES string of the molecule is Cc1cc(N(C)[C@H](C)c2cccc(C)c2CN)c(C)cc1N(O)Nc1cccc(F)n1. The van der Waals surface area contributed by atoms with E-state index in [-0.39, 0.29) is 11.9 Å². The van der Waals surface area contributed by atoms with Gasteiger partial charge in [0.25, 0.3) is 0 Å². The van der Waals surface area contributed by atoms with E-state index in [1.165, 1.54) is 28.8 Å². The van der Waals surface area contributed by atoms with Crippen molar-refractivity contribution in [1.82, 2.24) is 4.98 Å². The molecule has 0 amide bonds. The van der Waals surface area contributed by atoms with Gasteiger partial charge in [0.05, 0.1) is 11.7 Å². The highest BCUT2D eigenvalue weighted by atomic mass is 19.1. The van der Waals surface area contributed by atoms with Crippen molar-refractivity contribution in [3.63, 3.8) is 0 Å². The fraction of sp³-hybridized carbons (Fsp3) is 0.292. The zero-order valence-corrected chi connectivity index (χ0v) is 18.6. The van der Waals surface area contributed by atoms with Crippen molar-refractivity contribution in [3.05, 3.63) is 82.3 Å². The zero-order chi connectivity index (χ0) is 22.7. The number of hydrogen-bond acceptors (Lipinski definition) is 6. The number of nitrogens with two attached hydrogens (primary N) is 1. The maximum Gasteiger partial charge on any atom is 0.214 e. The van der Waals surface area contributed by atoms with Crippen molar-refractivity contribution in [1.29, 1.82) is 0 Å². The molecule has 0 spiro atoms. The van der Waals surface area contributed by atoms with E-state index in [9.17, 15) is 9.60 Å². The monoisotopic (exact) mass is 423 g/mol. The van der Waals surface area contributed by atoms with Gasteiger partial charge in [-0.3, -0.25) is 10.6 Å². The van der Waals surface area contributed by atoms with Crippen LogP contribution in [0.25, 0.3) is 0 Å². The van der Waals surface area contributed by atoms with Crippen molar-refractivity contribution < 1.29 is 9.60 Å². The highest BCUT2D eigenvalue weighted by Crippen LogP contribution is 2.34. The number of anilines is 3. The van der Waals surface area contributed by atoms with E-state index in [1.807, 2.05) is 26.0 Å². The first-order valence-corrected chi connectivity index (χ1v) is 10.2. The second kappa shape index (κ2) is 9.32. The number of aromatic nitrogens is 1. The first-order valence-electron chi connectivity index (χ1n) is 10.2. The average Bonchev–Trinajstić information content (AvgIpc) is 2.73. The minimum absolute atomic E-state index is 0.113. The van der Waals surface area contributed by atoms with Crippen molar-refractivity contribution in [2.75, 3.05) is 22.5 Å². The number of halogens is 1. The van der Waals surface area contributed by atoms with Gasteiger partial charge in [0.2, 0.25) is 5.95 Å². The maximum atomic E-state index is 13.3. The van der Waals surface area contributed by atoms with Crippen LogP contribution in [0.1, 0.15) is 40.8 Å². The lowest BCUT2D eigenvalue weighted by Crippen LogP contribution is -2.28. The minimum atomic E-state index is -0.620. The van der Waals surface area contributed by atoms with Gasteiger partial charge in [0.1, 0.15) is 5.82 Å². The highest BCUT2D eigenvalue weighted by molar-refractivity contribution is 5.66. The lowest BCUT2D eigenvalue weighted by atomic mass is 9.95. The summed E-state index contributed by atoms with van der Waals surface area (Å²) in [6.45, 7) is 8.65. The molecule has 31 heavy (non-hydrogen) atoms. The van der Waals surface area contributed by atoms with E-state index in [0.717, 1.165) is 22.0 Å². The van der Waals surface area contributed by atoms with E-state index in [2.05, 4.69) is 54.4 Å². The van der Waals surface area contributed by atoms with Crippen LogP contribution in [0.2, 0.25) is 0 Å². The number of nitrogens with one attached hydrogen (secondary N) is 1. The summed E-state index contributed by atoms with van der Waals surface area (Å²) in [6, 6.07) is 14.7. The number of hydrazine groups is 1. The summed E-state index contributed by atoms with van der Waals surface area (Å²) in [5, 5.41) is 11.4. The van der Waals surface area contributed by atoms with E-state index < -0.39 is 5.95 Å². The summed E-state index contributed by atoms with van der Waals surface area (Å²) < 4.78 is 13.3. The fourth-order valence-electron chi connectivity index (χ4n) is 3.85. The lowest BCUT2D eigenvalue weighted by Gasteiger charge is -2.32. The van der Waals surface area contributed by atoms with Gasteiger partial charge < -0.3 is 10.6 Å². The molecule has 0 saturated carbocycles. The van der Waals surface area contributed by atoms with E-state index in [0.29, 0.717) is 12.2 Å². The molecule has 0 saturated heterocycles. The molecule has 2 aromatic carbocycles. The number of pyridine rings is 1. The molecule has 0 unspecified atom stereocenters. The van der Waals surface area contributed by atoms with Crippen LogP contribution in [-0.4, -0.2) is 17.2 Å². The first kappa shape index (κ1) is 22.5. The van der Waals surface area contributed by atoms with Crippen LogP contribution in [0.5, 0.6) is 0 Å². The smallest absolute Gasteiger partial charge is 0.214 e. The van der Waals surface area contributed by atoms with Gasteiger partial charge in [-0.25, -0.2) is 4.98 Å². The fourth-order valence-corrected chi connectivity index (χ4v) is 3.85. The maximum absolute atomic E-state index is 13.3. The van der Waals surface area contributed by atoms with Gasteiger partial charge in [-0.05, 0) is 79.8 Å². The third-order valence-corrected chi connectivity index (χ3v) is 5.74. The molecule has 0 radical (unpaired) electrons. The Morgan fingerprint density at radius 2 is 1.68 bits per heavy atom. The Hall–Kier alpha value is -3.16. The number of rotatable bonds is 7. The lowest BCUT2D eigenvalue weighted by molar-refractivity contribution is 0.276. The van der Waals surface area contributed by atoms with Crippen LogP contribution in [0, 0.1) is 26.7 Å². The zero-order valence-electron chi connectivity index (χ0n) is 18.6. The molecule has 1 atom stereocenters. The molecule has 0 aliphatic carbocycles. The highest BCUT2D eigenvalue weighted by Gasteiger charge is 2.20. The Morgan fingerprint density at radius 1 is 1.03 bits per heavy atom. The Balaban J connectivity index is 1.88. The largest absolute Gasteiger partial charge is 0.368 e. The average molecular weight is 424 g/mol. The van der Waals surface area contributed by atoms with Crippen molar-refractivity contribution in [2.24, 2.45) is 5.73 Å². The van der Waals surface area contributed by atoms with Crippen LogP contribution in [0.4, 0.5) is 21.6 Å². The van der Waals surface area contributed by atoms with Crippen LogP contribution in [0.3, 0.4) is 0 Å². The molecule has 3 aromatic rings. The molecule has 1 heterocycles. The number of nitrogens with zero attached hydrogens (tertiary/aromatic N) is 3. The van der Waals surface area contributed by atoms with Gasteiger partial charge in [0.15, 0.2) is 0 Å². The van der Waals surface area contributed by atoms with Crippen molar-refractivity contribution in [2.45, 2.75) is 40.3 Å². The summed E-state index contributed by atoms with van der Waals surface area (Å²) in [7, 11) is 2.06. The van der Waals surface area contributed by atoms with Crippen LogP contribution < -0.4 is 21.2 Å². The Bertz CT molecular complexity index is 1070. The third-order valence-electron chi connectivity index (χ3n) is 5.74. The molecular weight excluding hydrogens is 393 g/mol. The van der Waals surface area contributed by atoms with Crippen LogP contribution in [0.15, 0.2) is 48.5 Å². The second-order valence-corrected chi connectivity index (χ2v) is 7.83. The molecule has 0 aliphatic rings. The molecule has 3 rings (SSSR count). The summed E-state index contributed by atoms with van der Waals surface area (Å²) in [5.41, 5.74) is 15.7. The molecule has 164 valence electrons. The molecule has 0 aliphatic heterocycles. The summed E-state index contributed by atoms with van der Waals surface area (Å²) >= 11 is 0.